The molecular weight excluding hydrogens is 552 g/mol. The molecule has 2 amide bonds. The van der Waals surface area contributed by atoms with E-state index in [2.05, 4.69) is 17.6 Å². The summed E-state index contributed by atoms with van der Waals surface area (Å²) in [7, 11) is 0. The van der Waals surface area contributed by atoms with Crippen molar-refractivity contribution in [3.63, 3.8) is 0 Å². The number of likely N-dealkylation sites (tertiary alicyclic amines) is 1. The topological polar surface area (TPSA) is 90.9 Å². The van der Waals surface area contributed by atoms with Crippen molar-refractivity contribution >= 4 is 11.8 Å². The number of carbonyl (C=O) groups is 2. The second kappa shape index (κ2) is 16.3. The molecule has 6 atom stereocenters. The van der Waals surface area contributed by atoms with Gasteiger partial charge in [0.05, 0.1) is 18.2 Å². The van der Waals surface area contributed by atoms with Gasteiger partial charge in [0.2, 0.25) is 11.8 Å². The Kier molecular flexibility index (Phi) is 12.5. The van der Waals surface area contributed by atoms with Gasteiger partial charge in [-0.2, -0.15) is 0 Å². The Bertz CT molecular complexity index is 1160. The molecule has 236 valence electrons. The van der Waals surface area contributed by atoms with Crippen LogP contribution in [0.2, 0.25) is 0 Å². The number of hydrogen-bond donors (Lipinski definition) is 3. The number of carbonyl (C=O) groups excluding carboxylic acids is 2. The molecule has 2 aromatic carbocycles. The number of amides is 2. The maximum atomic E-state index is 14.1. The number of halogens is 2. The standard InChI is InChI=1S/C34H47F2N3O4/c1-3-5-11-25-14-15-39(34(25)42)31(13-12-23-9-7-6-8-10-23)33(41)38-30(19-24-17-26(35)20-27(36)18-24)32(40)29-21-28(22-37-29)43-16-4-2/h6-10,17-18,20,25,28-32,37,40H,3-5,11-16,19,21-22H2,1-2H3,(H,38,41)/t25-,28+,29+,30-,31-,32+/m0/s1. The molecule has 0 bridgehead atoms. The Balaban J connectivity index is 1.55. The van der Waals surface area contributed by atoms with E-state index in [1.807, 2.05) is 37.3 Å². The highest BCUT2D eigenvalue weighted by Gasteiger charge is 2.40. The number of ether oxygens (including phenoxy) is 1. The van der Waals surface area contributed by atoms with Crippen LogP contribution in [0.15, 0.2) is 48.5 Å². The van der Waals surface area contributed by atoms with Crippen molar-refractivity contribution in [3.05, 3.63) is 71.3 Å². The van der Waals surface area contributed by atoms with Gasteiger partial charge >= 0.3 is 0 Å². The van der Waals surface area contributed by atoms with E-state index in [9.17, 15) is 23.5 Å². The molecule has 2 aromatic rings. The van der Waals surface area contributed by atoms with Gasteiger partial charge < -0.3 is 25.4 Å². The van der Waals surface area contributed by atoms with Crippen LogP contribution in [0.25, 0.3) is 0 Å². The first kappa shape index (κ1) is 33.0. The van der Waals surface area contributed by atoms with Crippen LogP contribution < -0.4 is 10.6 Å². The van der Waals surface area contributed by atoms with Gasteiger partial charge in [-0.15, -0.1) is 0 Å². The predicted octanol–water partition coefficient (Wildman–Crippen LogP) is 4.55. The summed E-state index contributed by atoms with van der Waals surface area (Å²) < 4.78 is 34.1. The normalized spacial score (nSPS) is 22.5. The molecule has 0 radical (unpaired) electrons. The van der Waals surface area contributed by atoms with Crippen molar-refractivity contribution in [2.24, 2.45) is 5.92 Å². The summed E-state index contributed by atoms with van der Waals surface area (Å²) in [5.74, 6) is -1.89. The summed E-state index contributed by atoms with van der Waals surface area (Å²) in [4.78, 5) is 29.2. The van der Waals surface area contributed by atoms with Gasteiger partial charge in [-0.05, 0) is 68.2 Å². The zero-order valence-corrected chi connectivity index (χ0v) is 25.4. The summed E-state index contributed by atoms with van der Waals surface area (Å²) in [6, 6.07) is 11.1. The first-order valence-corrected chi connectivity index (χ1v) is 15.9. The van der Waals surface area contributed by atoms with Gasteiger partial charge in [-0.3, -0.25) is 9.59 Å². The molecule has 0 saturated carbocycles. The van der Waals surface area contributed by atoms with Gasteiger partial charge in [0.1, 0.15) is 17.7 Å². The average molecular weight is 600 g/mol. The van der Waals surface area contributed by atoms with Gasteiger partial charge in [0.15, 0.2) is 0 Å². The molecule has 2 saturated heterocycles. The summed E-state index contributed by atoms with van der Waals surface area (Å²) in [5, 5.41) is 17.9. The third-order valence-corrected chi connectivity index (χ3v) is 8.70. The highest BCUT2D eigenvalue weighted by molar-refractivity contribution is 5.89. The Labute approximate surface area is 254 Å². The van der Waals surface area contributed by atoms with E-state index in [4.69, 9.17) is 4.74 Å². The first-order valence-electron chi connectivity index (χ1n) is 15.9. The number of nitrogens with one attached hydrogen (secondary N) is 2. The zero-order valence-electron chi connectivity index (χ0n) is 25.4. The van der Waals surface area contributed by atoms with E-state index in [1.165, 1.54) is 12.1 Å². The smallest absolute Gasteiger partial charge is 0.243 e. The molecule has 9 heteroatoms. The van der Waals surface area contributed by atoms with Crippen molar-refractivity contribution < 1.29 is 28.2 Å². The molecule has 43 heavy (non-hydrogen) atoms. The van der Waals surface area contributed by atoms with E-state index in [1.54, 1.807) is 4.90 Å². The van der Waals surface area contributed by atoms with Gasteiger partial charge in [-0.1, -0.05) is 57.0 Å². The number of aryl methyl sites for hydroxylation is 1. The van der Waals surface area contributed by atoms with Crippen LogP contribution in [0.1, 0.15) is 69.9 Å². The number of aliphatic hydroxyl groups is 1. The molecule has 3 N–H and O–H groups in total. The largest absolute Gasteiger partial charge is 0.389 e. The van der Waals surface area contributed by atoms with Crippen LogP contribution in [-0.4, -0.2) is 71.9 Å². The minimum atomic E-state index is -1.05. The fraction of sp³-hybridized carbons (Fsp3) is 0.588. The van der Waals surface area contributed by atoms with Crippen molar-refractivity contribution in [1.82, 2.24) is 15.5 Å². The molecule has 7 nitrogen and oxygen atoms in total. The highest BCUT2D eigenvalue weighted by atomic mass is 19.1. The minimum Gasteiger partial charge on any atom is -0.389 e. The van der Waals surface area contributed by atoms with Crippen molar-refractivity contribution in [2.75, 3.05) is 19.7 Å². The summed E-state index contributed by atoms with van der Waals surface area (Å²) in [6.45, 7) is 5.82. The Morgan fingerprint density at radius 2 is 1.86 bits per heavy atom. The summed E-state index contributed by atoms with van der Waals surface area (Å²) >= 11 is 0. The van der Waals surface area contributed by atoms with Gasteiger partial charge in [0, 0.05) is 37.7 Å². The molecule has 0 spiro atoms. The van der Waals surface area contributed by atoms with Crippen LogP contribution in [-0.2, 0) is 27.2 Å². The van der Waals surface area contributed by atoms with Gasteiger partial charge in [0.25, 0.3) is 0 Å². The fourth-order valence-electron chi connectivity index (χ4n) is 6.37. The molecule has 4 rings (SSSR count). The third kappa shape index (κ3) is 9.30. The van der Waals surface area contributed by atoms with E-state index in [0.29, 0.717) is 50.9 Å². The fourth-order valence-corrected chi connectivity index (χ4v) is 6.37. The second-order valence-corrected chi connectivity index (χ2v) is 12.0. The van der Waals surface area contributed by atoms with E-state index < -0.39 is 29.8 Å². The lowest BCUT2D eigenvalue weighted by Gasteiger charge is -2.33. The molecule has 0 aromatic heterocycles. The first-order chi connectivity index (χ1) is 20.8. The lowest BCUT2D eigenvalue weighted by molar-refractivity contribution is -0.140. The van der Waals surface area contributed by atoms with Gasteiger partial charge in [-0.25, -0.2) is 8.78 Å². The molecule has 0 aliphatic carbocycles. The second-order valence-electron chi connectivity index (χ2n) is 12.0. The number of nitrogens with zero attached hydrogens (tertiary/aromatic N) is 1. The highest BCUT2D eigenvalue weighted by Crippen LogP contribution is 2.27. The van der Waals surface area contributed by atoms with Crippen LogP contribution >= 0.6 is 0 Å². The monoisotopic (exact) mass is 599 g/mol. The van der Waals surface area contributed by atoms with E-state index in [-0.39, 0.29) is 36.3 Å². The number of hydrogen-bond acceptors (Lipinski definition) is 5. The maximum absolute atomic E-state index is 14.1. The average Bonchev–Trinajstić information content (AvgIpc) is 3.61. The van der Waals surface area contributed by atoms with Crippen LogP contribution in [0, 0.1) is 17.6 Å². The molecule has 2 aliphatic heterocycles. The summed E-state index contributed by atoms with van der Waals surface area (Å²) in [5.41, 5.74) is 1.39. The van der Waals surface area contributed by atoms with Crippen LogP contribution in [0.5, 0.6) is 0 Å². The Morgan fingerprint density at radius 1 is 1.12 bits per heavy atom. The van der Waals surface area contributed by atoms with Crippen molar-refractivity contribution in [1.29, 1.82) is 0 Å². The number of aliphatic hydroxyl groups excluding tert-OH is 1. The number of benzene rings is 2. The Hall–Kier alpha value is -2.88. The molecule has 0 unspecified atom stereocenters. The minimum absolute atomic E-state index is 0.000615. The van der Waals surface area contributed by atoms with E-state index >= 15 is 0 Å². The third-order valence-electron chi connectivity index (χ3n) is 8.70. The number of unbranched alkanes of at least 4 members (excludes halogenated alkanes) is 1. The Morgan fingerprint density at radius 3 is 2.56 bits per heavy atom. The molecule has 2 heterocycles. The lowest BCUT2D eigenvalue weighted by atomic mass is 9.94. The van der Waals surface area contributed by atoms with Crippen molar-refractivity contribution in [2.45, 2.75) is 102 Å². The maximum Gasteiger partial charge on any atom is 0.243 e. The SMILES string of the molecule is CCCC[C@H]1CCN([C@@H](CCc2ccccc2)C(=O)N[C@@H](Cc2cc(F)cc(F)c2)[C@H](O)[C@H]2C[C@@H](OCCC)CN2)C1=O. The van der Waals surface area contributed by atoms with Crippen LogP contribution in [0.4, 0.5) is 8.78 Å². The predicted molar refractivity (Wildman–Crippen MR) is 162 cm³/mol. The molecular formula is C34H47F2N3O4. The number of rotatable bonds is 16. The summed E-state index contributed by atoms with van der Waals surface area (Å²) in [6.07, 6.45) is 4.85. The molecule has 2 fully saturated rings. The lowest BCUT2D eigenvalue weighted by Crippen LogP contribution is -2.57. The quantitative estimate of drug-likeness (QED) is 0.264. The zero-order chi connectivity index (χ0) is 30.8. The molecule has 2 aliphatic rings. The van der Waals surface area contributed by atoms with Crippen LogP contribution in [0.3, 0.4) is 0 Å². The van der Waals surface area contributed by atoms with E-state index in [0.717, 1.165) is 37.3 Å². The van der Waals surface area contributed by atoms with Crippen molar-refractivity contribution in [3.8, 4) is 0 Å².